The van der Waals surface area contributed by atoms with Gasteiger partial charge in [0, 0.05) is 35.7 Å². The van der Waals surface area contributed by atoms with Gasteiger partial charge in [-0.25, -0.2) is 14.8 Å². The van der Waals surface area contributed by atoms with Crippen molar-refractivity contribution in [2.24, 2.45) is 5.92 Å². The van der Waals surface area contributed by atoms with Gasteiger partial charge < -0.3 is 10.1 Å². The molecule has 4 rings (SSSR count). The maximum Gasteiger partial charge on any atom is 0.328 e. The lowest BCUT2D eigenvalue weighted by Gasteiger charge is -2.22. The number of nitrogens with zero attached hydrogens (tertiary/aromatic N) is 2. The Hall–Kier alpha value is -4.30. The first-order valence-electron chi connectivity index (χ1n) is 13.1. The largest absolute Gasteiger partial charge is 0.464 e. The van der Waals surface area contributed by atoms with Crippen molar-refractivity contribution in [2.75, 3.05) is 12.4 Å². The van der Waals surface area contributed by atoms with Gasteiger partial charge in [-0.1, -0.05) is 96.7 Å². The first kappa shape index (κ1) is 28.7. The lowest BCUT2D eigenvalue weighted by Crippen LogP contribution is -2.46. The molecule has 0 fully saturated rings. The molecule has 0 aliphatic rings. The van der Waals surface area contributed by atoms with Crippen molar-refractivity contribution in [3.8, 4) is 11.1 Å². The highest BCUT2D eigenvalue weighted by Crippen LogP contribution is 2.21. The first-order valence-corrected chi connectivity index (χ1v) is 14.1. The van der Waals surface area contributed by atoms with Crippen molar-refractivity contribution in [3.63, 3.8) is 0 Å². The van der Waals surface area contributed by atoms with Crippen molar-refractivity contribution in [3.05, 3.63) is 120 Å². The Morgan fingerprint density at radius 1 is 0.800 bits per heavy atom. The average Bonchev–Trinajstić information content (AvgIpc) is 3.00. The van der Waals surface area contributed by atoms with Gasteiger partial charge in [0.2, 0.25) is 11.0 Å². The third-order valence-corrected chi connectivity index (χ3v) is 7.36. The number of carbonyl (C=O) groups is 3. The zero-order valence-electron chi connectivity index (χ0n) is 22.2. The molecule has 0 saturated heterocycles. The predicted octanol–water partition coefficient (Wildman–Crippen LogP) is 5.17. The second-order valence-corrected chi connectivity index (χ2v) is 10.2. The van der Waals surface area contributed by atoms with Crippen LogP contribution in [0.5, 0.6) is 0 Å². The van der Waals surface area contributed by atoms with Gasteiger partial charge in [0.1, 0.15) is 12.4 Å². The van der Waals surface area contributed by atoms with E-state index >= 15 is 0 Å². The Balaban J connectivity index is 1.48. The normalized spacial score (nSPS) is 12.2. The lowest BCUT2D eigenvalue weighted by atomic mass is 9.98. The van der Waals surface area contributed by atoms with Gasteiger partial charge in [0.05, 0.1) is 12.5 Å². The fraction of sp³-hybridized carbons (Fsp3) is 0.219. The van der Waals surface area contributed by atoms with E-state index in [2.05, 4.69) is 15.3 Å². The molecule has 0 bridgehead atoms. The van der Waals surface area contributed by atoms with Gasteiger partial charge in [-0.3, -0.25) is 9.59 Å². The smallest absolute Gasteiger partial charge is 0.328 e. The second-order valence-electron chi connectivity index (χ2n) is 9.19. The number of nitrogens with one attached hydrogen (secondary N) is 1. The Morgan fingerprint density at radius 2 is 1.43 bits per heavy atom. The Morgan fingerprint density at radius 3 is 2.08 bits per heavy atom. The van der Waals surface area contributed by atoms with Crippen LogP contribution in [0.2, 0.25) is 0 Å². The molecule has 0 spiro atoms. The van der Waals surface area contributed by atoms with E-state index < -0.39 is 17.9 Å². The summed E-state index contributed by atoms with van der Waals surface area (Å²) in [6.45, 7) is 1.94. The van der Waals surface area contributed by atoms with Gasteiger partial charge in [-0.2, -0.15) is 0 Å². The monoisotopic (exact) mass is 553 g/mol. The SMILES string of the molecule is CCOC(=O)[C@H](Cc1ccc(-c2cncnc2)cc1)NC(=O)C(CSC(=O)c1ccccc1)Cc1ccccc1. The van der Waals surface area contributed by atoms with Gasteiger partial charge in [-0.15, -0.1) is 0 Å². The van der Waals surface area contributed by atoms with E-state index in [0.29, 0.717) is 12.0 Å². The zero-order chi connectivity index (χ0) is 28.2. The highest BCUT2D eigenvalue weighted by Gasteiger charge is 2.28. The van der Waals surface area contributed by atoms with Gasteiger partial charge >= 0.3 is 5.97 Å². The molecule has 8 heteroatoms. The summed E-state index contributed by atoms with van der Waals surface area (Å²) in [5.41, 5.74) is 4.26. The summed E-state index contributed by atoms with van der Waals surface area (Å²) in [6, 6.07) is 25.5. The molecule has 0 aliphatic carbocycles. The molecule has 2 atom stereocenters. The third-order valence-electron chi connectivity index (χ3n) is 6.30. The summed E-state index contributed by atoms with van der Waals surface area (Å²) in [7, 11) is 0. The fourth-order valence-electron chi connectivity index (χ4n) is 4.20. The quantitative estimate of drug-likeness (QED) is 0.242. The zero-order valence-corrected chi connectivity index (χ0v) is 23.1. The van der Waals surface area contributed by atoms with E-state index in [0.717, 1.165) is 34.0 Å². The van der Waals surface area contributed by atoms with Crippen molar-refractivity contribution in [1.82, 2.24) is 15.3 Å². The van der Waals surface area contributed by atoms with Gasteiger partial charge in [0.25, 0.3) is 0 Å². The number of carbonyl (C=O) groups excluding carboxylic acids is 3. The number of benzene rings is 3. The summed E-state index contributed by atoms with van der Waals surface area (Å²) in [6.07, 6.45) is 5.65. The number of amides is 1. The Labute approximate surface area is 238 Å². The van der Waals surface area contributed by atoms with Crippen LogP contribution in [-0.4, -0.2) is 45.4 Å². The van der Waals surface area contributed by atoms with E-state index in [4.69, 9.17) is 4.74 Å². The average molecular weight is 554 g/mol. The molecular formula is C32H31N3O4S. The van der Waals surface area contributed by atoms with Crippen LogP contribution in [-0.2, 0) is 27.2 Å². The number of hydrogen-bond donors (Lipinski definition) is 1. The molecular weight excluding hydrogens is 522 g/mol. The number of aromatic nitrogens is 2. The van der Waals surface area contributed by atoms with Crippen LogP contribution < -0.4 is 5.32 Å². The number of rotatable bonds is 12. The molecule has 1 heterocycles. The van der Waals surface area contributed by atoms with Crippen LogP contribution >= 0.6 is 11.8 Å². The van der Waals surface area contributed by atoms with Crippen molar-refractivity contribution >= 4 is 28.8 Å². The summed E-state index contributed by atoms with van der Waals surface area (Å²) in [5.74, 6) is -1.05. The van der Waals surface area contributed by atoms with Gasteiger partial charge in [-0.05, 0) is 30.0 Å². The molecule has 0 radical (unpaired) electrons. The molecule has 4 aromatic rings. The van der Waals surface area contributed by atoms with E-state index in [1.165, 1.54) is 6.33 Å². The molecule has 3 aromatic carbocycles. The summed E-state index contributed by atoms with van der Waals surface area (Å²) in [4.78, 5) is 47.3. The molecule has 0 saturated carbocycles. The number of esters is 1. The maximum absolute atomic E-state index is 13.6. The third kappa shape index (κ3) is 8.35. The molecule has 1 N–H and O–H groups in total. The second kappa shape index (κ2) is 14.7. The van der Waals surface area contributed by atoms with Crippen LogP contribution in [0.4, 0.5) is 0 Å². The molecule has 1 amide bonds. The first-order chi connectivity index (χ1) is 19.5. The van der Waals surface area contributed by atoms with Crippen LogP contribution in [0.25, 0.3) is 11.1 Å². The number of thioether (sulfide) groups is 1. The molecule has 1 unspecified atom stereocenters. The summed E-state index contributed by atoms with van der Waals surface area (Å²) in [5, 5.41) is 2.82. The molecule has 1 aromatic heterocycles. The highest BCUT2D eigenvalue weighted by molar-refractivity contribution is 8.14. The highest BCUT2D eigenvalue weighted by atomic mass is 32.2. The minimum Gasteiger partial charge on any atom is -0.464 e. The predicted molar refractivity (Wildman–Crippen MR) is 157 cm³/mol. The van der Waals surface area contributed by atoms with E-state index in [1.807, 2.05) is 72.8 Å². The van der Waals surface area contributed by atoms with Crippen LogP contribution in [0.1, 0.15) is 28.4 Å². The standard InChI is InChI=1S/C32H31N3O4S/c1-2-39-31(37)29(18-24-13-15-25(16-14-24)28-19-33-22-34-20-28)35-30(36)27(17-23-9-5-3-6-10-23)21-40-32(38)26-11-7-4-8-12-26/h3-16,19-20,22,27,29H,2,17-18,21H2,1H3,(H,35,36)/t27?,29-/m0/s1. The lowest BCUT2D eigenvalue weighted by molar-refractivity contribution is -0.147. The Kier molecular flexibility index (Phi) is 10.6. The van der Waals surface area contributed by atoms with Crippen LogP contribution in [0.3, 0.4) is 0 Å². The molecule has 0 aliphatic heterocycles. The van der Waals surface area contributed by atoms with Crippen molar-refractivity contribution < 1.29 is 19.1 Å². The van der Waals surface area contributed by atoms with Crippen molar-refractivity contribution in [1.29, 1.82) is 0 Å². The minimum absolute atomic E-state index is 0.0997. The molecule has 204 valence electrons. The number of hydrogen-bond acceptors (Lipinski definition) is 7. The van der Waals surface area contributed by atoms with E-state index in [-0.39, 0.29) is 29.8 Å². The molecule has 40 heavy (non-hydrogen) atoms. The summed E-state index contributed by atoms with van der Waals surface area (Å²) >= 11 is 1.11. The van der Waals surface area contributed by atoms with Gasteiger partial charge in [0.15, 0.2) is 0 Å². The number of ether oxygens (including phenoxy) is 1. The topological polar surface area (TPSA) is 98.2 Å². The minimum atomic E-state index is -0.869. The van der Waals surface area contributed by atoms with E-state index in [9.17, 15) is 14.4 Å². The van der Waals surface area contributed by atoms with Crippen LogP contribution in [0.15, 0.2) is 104 Å². The summed E-state index contributed by atoms with van der Waals surface area (Å²) < 4.78 is 5.29. The van der Waals surface area contributed by atoms with E-state index in [1.54, 1.807) is 31.5 Å². The maximum atomic E-state index is 13.6. The molecule has 7 nitrogen and oxygen atoms in total. The van der Waals surface area contributed by atoms with Crippen molar-refractivity contribution in [2.45, 2.75) is 25.8 Å². The Bertz CT molecular complexity index is 1380. The fourth-order valence-corrected chi connectivity index (χ4v) is 5.13. The van der Waals surface area contributed by atoms with Crippen LogP contribution in [0, 0.1) is 5.92 Å².